The van der Waals surface area contributed by atoms with Gasteiger partial charge in [-0.3, -0.25) is 0 Å². The van der Waals surface area contributed by atoms with E-state index in [0.717, 1.165) is 26.1 Å². The third-order valence-electron chi connectivity index (χ3n) is 2.49. The Kier molecular flexibility index (Phi) is 7.95. The molecule has 0 aromatic carbocycles. The lowest BCUT2D eigenvalue weighted by Gasteiger charge is -2.26. The van der Waals surface area contributed by atoms with Gasteiger partial charge in [-0.25, -0.2) is 4.79 Å². The standard InChI is InChI=1S/C13H29N3O2/c1-13(2,3)18-12(17)16(6)11-10-15(5)9-7-8-14-4/h14H,7-11H2,1-6H3. The highest BCUT2D eigenvalue weighted by molar-refractivity contribution is 5.67. The molecule has 0 radical (unpaired) electrons. The highest BCUT2D eigenvalue weighted by atomic mass is 16.6. The fraction of sp³-hybridized carbons (Fsp3) is 0.923. The van der Waals surface area contributed by atoms with Crippen LogP contribution in [0.2, 0.25) is 0 Å². The predicted molar refractivity (Wildman–Crippen MR) is 74.9 cm³/mol. The molecular formula is C13H29N3O2. The van der Waals surface area contributed by atoms with Crippen LogP contribution in [0.1, 0.15) is 27.2 Å². The fourth-order valence-corrected chi connectivity index (χ4v) is 1.39. The third-order valence-corrected chi connectivity index (χ3v) is 2.49. The molecule has 0 aromatic heterocycles. The van der Waals surface area contributed by atoms with Crippen LogP contribution >= 0.6 is 0 Å². The maximum atomic E-state index is 11.7. The molecule has 0 aromatic rings. The van der Waals surface area contributed by atoms with E-state index in [1.807, 2.05) is 27.8 Å². The molecule has 0 aliphatic heterocycles. The first kappa shape index (κ1) is 17.2. The zero-order chi connectivity index (χ0) is 14.2. The first-order valence-corrected chi connectivity index (χ1v) is 6.53. The van der Waals surface area contributed by atoms with E-state index < -0.39 is 5.60 Å². The summed E-state index contributed by atoms with van der Waals surface area (Å²) < 4.78 is 5.29. The summed E-state index contributed by atoms with van der Waals surface area (Å²) in [6, 6.07) is 0. The average Bonchev–Trinajstić information content (AvgIpc) is 2.23. The van der Waals surface area contributed by atoms with Crippen molar-refractivity contribution in [3.05, 3.63) is 0 Å². The van der Waals surface area contributed by atoms with Crippen LogP contribution in [0.25, 0.3) is 0 Å². The monoisotopic (exact) mass is 259 g/mol. The molecule has 0 saturated heterocycles. The Morgan fingerprint density at radius 1 is 1.17 bits per heavy atom. The number of rotatable bonds is 7. The zero-order valence-electron chi connectivity index (χ0n) is 12.7. The van der Waals surface area contributed by atoms with E-state index in [0.29, 0.717) is 6.54 Å². The van der Waals surface area contributed by atoms with Gasteiger partial charge in [-0.05, 0) is 54.4 Å². The van der Waals surface area contributed by atoms with Crippen molar-refractivity contribution in [1.29, 1.82) is 0 Å². The van der Waals surface area contributed by atoms with Gasteiger partial charge >= 0.3 is 6.09 Å². The molecule has 0 rings (SSSR count). The Morgan fingerprint density at radius 3 is 2.28 bits per heavy atom. The van der Waals surface area contributed by atoms with Crippen LogP contribution in [0, 0.1) is 0 Å². The molecule has 0 spiro atoms. The molecule has 1 amide bonds. The number of hydrogen-bond donors (Lipinski definition) is 1. The molecule has 0 heterocycles. The topological polar surface area (TPSA) is 44.8 Å². The number of hydrogen-bond acceptors (Lipinski definition) is 4. The Morgan fingerprint density at radius 2 is 1.78 bits per heavy atom. The van der Waals surface area contributed by atoms with E-state index in [4.69, 9.17) is 4.74 Å². The van der Waals surface area contributed by atoms with Crippen LogP contribution in [-0.4, -0.2) is 68.8 Å². The van der Waals surface area contributed by atoms with Crippen molar-refractivity contribution >= 4 is 6.09 Å². The number of likely N-dealkylation sites (N-methyl/N-ethyl adjacent to an activating group) is 2. The average molecular weight is 259 g/mol. The van der Waals surface area contributed by atoms with Gasteiger partial charge in [0.25, 0.3) is 0 Å². The lowest BCUT2D eigenvalue weighted by Crippen LogP contribution is -2.38. The summed E-state index contributed by atoms with van der Waals surface area (Å²) in [5, 5.41) is 3.12. The highest BCUT2D eigenvalue weighted by Gasteiger charge is 2.19. The van der Waals surface area contributed by atoms with Gasteiger partial charge in [0, 0.05) is 20.1 Å². The molecular weight excluding hydrogens is 230 g/mol. The second-order valence-corrected chi connectivity index (χ2v) is 5.66. The molecule has 0 aliphatic rings. The van der Waals surface area contributed by atoms with Crippen molar-refractivity contribution < 1.29 is 9.53 Å². The minimum Gasteiger partial charge on any atom is -0.444 e. The quantitative estimate of drug-likeness (QED) is 0.702. The SMILES string of the molecule is CNCCCN(C)CCN(C)C(=O)OC(C)(C)C. The second kappa shape index (κ2) is 8.32. The minimum absolute atomic E-state index is 0.258. The highest BCUT2D eigenvalue weighted by Crippen LogP contribution is 2.08. The Labute approximate surface area is 111 Å². The number of amides is 1. The van der Waals surface area contributed by atoms with Gasteiger partial charge in [0.2, 0.25) is 0 Å². The number of nitrogens with zero attached hydrogens (tertiary/aromatic N) is 2. The normalized spacial score (nSPS) is 11.7. The van der Waals surface area contributed by atoms with Crippen LogP contribution in [0.15, 0.2) is 0 Å². The minimum atomic E-state index is -0.427. The third kappa shape index (κ3) is 9.24. The molecule has 18 heavy (non-hydrogen) atoms. The smallest absolute Gasteiger partial charge is 0.410 e. The fourth-order valence-electron chi connectivity index (χ4n) is 1.39. The lowest BCUT2D eigenvalue weighted by molar-refractivity contribution is 0.0287. The van der Waals surface area contributed by atoms with E-state index in [2.05, 4.69) is 17.3 Å². The van der Waals surface area contributed by atoms with Crippen LogP contribution in [0.5, 0.6) is 0 Å². The molecule has 0 unspecified atom stereocenters. The molecule has 108 valence electrons. The first-order chi connectivity index (χ1) is 8.26. The summed E-state index contributed by atoms with van der Waals surface area (Å²) >= 11 is 0. The summed E-state index contributed by atoms with van der Waals surface area (Å²) in [4.78, 5) is 15.6. The molecule has 0 saturated carbocycles. The predicted octanol–water partition coefficient (Wildman–Crippen LogP) is 1.39. The van der Waals surface area contributed by atoms with Gasteiger partial charge in [0.05, 0.1) is 0 Å². The molecule has 5 heteroatoms. The second-order valence-electron chi connectivity index (χ2n) is 5.66. The van der Waals surface area contributed by atoms with Gasteiger partial charge in [0.1, 0.15) is 5.60 Å². The van der Waals surface area contributed by atoms with Gasteiger partial charge in [0.15, 0.2) is 0 Å². The van der Waals surface area contributed by atoms with Crippen molar-refractivity contribution in [3.63, 3.8) is 0 Å². The van der Waals surface area contributed by atoms with E-state index in [1.54, 1.807) is 11.9 Å². The first-order valence-electron chi connectivity index (χ1n) is 6.53. The molecule has 1 N–H and O–H groups in total. The summed E-state index contributed by atoms with van der Waals surface area (Å²) in [6.07, 6.45) is 0.856. The van der Waals surface area contributed by atoms with Crippen molar-refractivity contribution in [3.8, 4) is 0 Å². The van der Waals surface area contributed by atoms with Gasteiger partial charge < -0.3 is 19.9 Å². The van der Waals surface area contributed by atoms with Gasteiger partial charge in [-0.1, -0.05) is 0 Å². The molecule has 0 aliphatic carbocycles. The van der Waals surface area contributed by atoms with Crippen LogP contribution in [0.3, 0.4) is 0 Å². The maximum Gasteiger partial charge on any atom is 0.410 e. The largest absolute Gasteiger partial charge is 0.444 e. The van der Waals surface area contributed by atoms with Gasteiger partial charge in [-0.15, -0.1) is 0 Å². The number of ether oxygens (including phenoxy) is 1. The van der Waals surface area contributed by atoms with Gasteiger partial charge in [-0.2, -0.15) is 0 Å². The van der Waals surface area contributed by atoms with E-state index in [1.165, 1.54) is 0 Å². The van der Waals surface area contributed by atoms with Crippen molar-refractivity contribution in [2.75, 3.05) is 47.3 Å². The summed E-state index contributed by atoms with van der Waals surface area (Å²) in [5.74, 6) is 0. The van der Waals surface area contributed by atoms with E-state index in [9.17, 15) is 4.79 Å². The van der Waals surface area contributed by atoms with E-state index >= 15 is 0 Å². The van der Waals surface area contributed by atoms with Crippen molar-refractivity contribution in [1.82, 2.24) is 15.1 Å². The van der Waals surface area contributed by atoms with Crippen LogP contribution in [-0.2, 0) is 4.74 Å². The number of nitrogens with one attached hydrogen (secondary N) is 1. The maximum absolute atomic E-state index is 11.7. The molecule has 0 fully saturated rings. The molecule has 5 nitrogen and oxygen atoms in total. The summed E-state index contributed by atoms with van der Waals surface area (Å²) in [6.45, 7) is 9.23. The van der Waals surface area contributed by atoms with Crippen molar-refractivity contribution in [2.24, 2.45) is 0 Å². The Hall–Kier alpha value is -0.810. The Bertz CT molecular complexity index is 239. The molecule has 0 bridgehead atoms. The summed E-state index contributed by atoms with van der Waals surface area (Å²) in [7, 11) is 5.80. The van der Waals surface area contributed by atoms with Crippen LogP contribution in [0.4, 0.5) is 4.79 Å². The van der Waals surface area contributed by atoms with Crippen LogP contribution < -0.4 is 5.32 Å². The number of carbonyl (C=O) groups excluding carboxylic acids is 1. The molecule has 0 atom stereocenters. The van der Waals surface area contributed by atoms with E-state index in [-0.39, 0.29) is 6.09 Å². The number of carbonyl (C=O) groups is 1. The lowest BCUT2D eigenvalue weighted by atomic mass is 10.2. The Balaban J connectivity index is 3.81. The van der Waals surface area contributed by atoms with Crippen molar-refractivity contribution in [2.45, 2.75) is 32.8 Å². The zero-order valence-corrected chi connectivity index (χ0v) is 12.7. The summed E-state index contributed by atoms with van der Waals surface area (Å²) in [5.41, 5.74) is -0.427.